The minimum absolute atomic E-state index is 0.275. The summed E-state index contributed by atoms with van der Waals surface area (Å²) in [4.78, 5) is 19.6. The monoisotopic (exact) mass is 355 g/mol. The van der Waals surface area contributed by atoms with Crippen LogP contribution in [0.1, 0.15) is 36.9 Å². The molecule has 2 fully saturated rings. The van der Waals surface area contributed by atoms with E-state index in [9.17, 15) is 4.79 Å². The van der Waals surface area contributed by atoms with E-state index in [1.54, 1.807) is 17.5 Å². The first-order valence-electron chi connectivity index (χ1n) is 9.18. The molecule has 4 nitrogen and oxygen atoms in total. The van der Waals surface area contributed by atoms with Gasteiger partial charge in [-0.2, -0.15) is 11.3 Å². The number of thiophene rings is 1. The number of carbonyl (C=O) groups excluding carboxylic acids is 1. The van der Waals surface area contributed by atoms with Crippen molar-refractivity contribution in [2.24, 2.45) is 5.41 Å². The van der Waals surface area contributed by atoms with Gasteiger partial charge in [0.15, 0.2) is 0 Å². The van der Waals surface area contributed by atoms with Crippen LogP contribution in [0.4, 0.5) is 0 Å². The van der Waals surface area contributed by atoms with Gasteiger partial charge in [-0.05, 0) is 78.7 Å². The second-order valence-corrected chi connectivity index (χ2v) is 8.09. The highest BCUT2D eigenvalue weighted by molar-refractivity contribution is 7.07. The first-order valence-corrected chi connectivity index (χ1v) is 10.1. The van der Waals surface area contributed by atoms with Crippen LogP contribution in [-0.2, 0) is 17.8 Å². The van der Waals surface area contributed by atoms with Gasteiger partial charge in [0, 0.05) is 30.9 Å². The average molecular weight is 356 g/mol. The standard InChI is InChI=1S/C20H25N3OS/c24-19(5-4-17-3-1-2-9-22-17)23(14-16-6-12-25-15-16)18-13-20(18)7-10-21-11-8-20/h1-3,6,9,12,15,18,21H,4-5,7-8,10-11,13-14H2/t18-/m1/s1. The van der Waals surface area contributed by atoms with Gasteiger partial charge in [0.2, 0.25) is 5.91 Å². The number of pyridine rings is 1. The molecule has 1 saturated heterocycles. The Labute approximate surface area is 153 Å². The summed E-state index contributed by atoms with van der Waals surface area (Å²) in [5.74, 6) is 0.275. The van der Waals surface area contributed by atoms with Gasteiger partial charge in [-0.15, -0.1) is 0 Å². The molecule has 3 heterocycles. The molecule has 1 spiro atoms. The highest BCUT2D eigenvalue weighted by Gasteiger charge is 2.57. The average Bonchev–Trinajstić information content (AvgIpc) is 3.08. The van der Waals surface area contributed by atoms with Gasteiger partial charge < -0.3 is 10.2 Å². The van der Waals surface area contributed by atoms with E-state index in [-0.39, 0.29) is 5.91 Å². The number of aromatic nitrogens is 1. The van der Waals surface area contributed by atoms with E-state index in [1.165, 1.54) is 24.8 Å². The Morgan fingerprint density at radius 2 is 2.20 bits per heavy atom. The van der Waals surface area contributed by atoms with E-state index in [4.69, 9.17) is 0 Å². The third-order valence-electron chi connectivity index (χ3n) is 5.70. The molecule has 1 aliphatic carbocycles. The smallest absolute Gasteiger partial charge is 0.223 e. The van der Waals surface area contributed by atoms with E-state index >= 15 is 0 Å². The molecule has 0 aromatic carbocycles. The number of aryl methyl sites for hydroxylation is 1. The van der Waals surface area contributed by atoms with Crippen molar-refractivity contribution in [3.8, 4) is 0 Å². The molecule has 1 saturated carbocycles. The van der Waals surface area contributed by atoms with Crippen LogP contribution in [0.5, 0.6) is 0 Å². The van der Waals surface area contributed by atoms with Crippen molar-refractivity contribution in [3.63, 3.8) is 0 Å². The second-order valence-electron chi connectivity index (χ2n) is 7.31. The number of rotatable bonds is 6. The molecule has 0 radical (unpaired) electrons. The maximum absolute atomic E-state index is 13.0. The SMILES string of the molecule is O=C(CCc1ccccn1)N(Cc1ccsc1)[C@@H]1CC12CCNCC2. The molecule has 25 heavy (non-hydrogen) atoms. The topological polar surface area (TPSA) is 45.2 Å². The minimum atomic E-state index is 0.275. The number of nitrogens with one attached hydrogen (secondary N) is 1. The lowest BCUT2D eigenvalue weighted by Crippen LogP contribution is -2.39. The number of nitrogens with zero attached hydrogens (tertiary/aromatic N) is 2. The van der Waals surface area contributed by atoms with Crippen molar-refractivity contribution in [2.75, 3.05) is 13.1 Å². The number of amides is 1. The molecule has 1 atom stereocenters. The Morgan fingerprint density at radius 3 is 2.92 bits per heavy atom. The lowest BCUT2D eigenvalue weighted by Gasteiger charge is -2.29. The van der Waals surface area contributed by atoms with Gasteiger partial charge in [0.05, 0.1) is 0 Å². The Hall–Kier alpha value is -1.72. The molecule has 0 unspecified atom stereocenters. The Bertz CT molecular complexity index is 695. The highest BCUT2D eigenvalue weighted by Crippen LogP contribution is 2.56. The summed E-state index contributed by atoms with van der Waals surface area (Å²) >= 11 is 1.70. The molecule has 2 aromatic rings. The van der Waals surface area contributed by atoms with Gasteiger partial charge in [0.25, 0.3) is 0 Å². The van der Waals surface area contributed by atoms with Gasteiger partial charge >= 0.3 is 0 Å². The molecule has 1 N–H and O–H groups in total. The van der Waals surface area contributed by atoms with Crippen LogP contribution in [0.15, 0.2) is 41.2 Å². The lowest BCUT2D eigenvalue weighted by molar-refractivity contribution is -0.133. The highest BCUT2D eigenvalue weighted by atomic mass is 32.1. The normalized spacial score (nSPS) is 21.2. The van der Waals surface area contributed by atoms with Crippen LogP contribution >= 0.6 is 11.3 Å². The van der Waals surface area contributed by atoms with Crippen molar-refractivity contribution >= 4 is 17.2 Å². The van der Waals surface area contributed by atoms with E-state index in [1.807, 2.05) is 18.2 Å². The Kier molecular flexibility index (Phi) is 4.86. The summed E-state index contributed by atoms with van der Waals surface area (Å²) in [5, 5.41) is 7.71. The van der Waals surface area contributed by atoms with Crippen LogP contribution in [0.3, 0.4) is 0 Å². The number of hydrogen-bond acceptors (Lipinski definition) is 4. The van der Waals surface area contributed by atoms with E-state index in [0.717, 1.165) is 31.7 Å². The zero-order valence-electron chi connectivity index (χ0n) is 14.5. The second kappa shape index (κ2) is 7.26. The zero-order chi connectivity index (χ0) is 17.1. The fourth-order valence-electron chi connectivity index (χ4n) is 4.11. The van der Waals surface area contributed by atoms with E-state index in [0.29, 0.717) is 17.9 Å². The molecule has 4 rings (SSSR count). The molecular formula is C20H25N3OS. The van der Waals surface area contributed by atoms with E-state index in [2.05, 4.69) is 32.0 Å². The van der Waals surface area contributed by atoms with Gasteiger partial charge in [-0.1, -0.05) is 6.07 Å². The maximum Gasteiger partial charge on any atom is 0.223 e. The van der Waals surface area contributed by atoms with Crippen LogP contribution in [0, 0.1) is 5.41 Å². The third-order valence-corrected chi connectivity index (χ3v) is 6.43. The predicted molar refractivity (Wildman–Crippen MR) is 100 cm³/mol. The summed E-state index contributed by atoms with van der Waals surface area (Å²) in [7, 11) is 0. The molecule has 2 aromatic heterocycles. The molecule has 132 valence electrons. The predicted octanol–water partition coefficient (Wildman–Crippen LogP) is 3.25. The number of piperidine rings is 1. The Morgan fingerprint density at radius 1 is 1.32 bits per heavy atom. The van der Waals surface area contributed by atoms with Crippen LogP contribution in [-0.4, -0.2) is 34.9 Å². The van der Waals surface area contributed by atoms with E-state index < -0.39 is 0 Å². The van der Waals surface area contributed by atoms with Crippen molar-refractivity contribution < 1.29 is 4.79 Å². The minimum Gasteiger partial charge on any atom is -0.335 e. The maximum atomic E-state index is 13.0. The molecule has 1 amide bonds. The van der Waals surface area contributed by atoms with Crippen LogP contribution < -0.4 is 5.32 Å². The first kappa shape index (κ1) is 16.7. The fourth-order valence-corrected chi connectivity index (χ4v) is 4.76. The molecular weight excluding hydrogens is 330 g/mol. The van der Waals surface area contributed by atoms with Gasteiger partial charge in [-0.3, -0.25) is 9.78 Å². The number of hydrogen-bond donors (Lipinski definition) is 1. The Balaban J connectivity index is 1.44. The van der Waals surface area contributed by atoms with Gasteiger partial charge in [-0.25, -0.2) is 0 Å². The summed E-state index contributed by atoms with van der Waals surface area (Å²) in [6, 6.07) is 8.47. The van der Waals surface area contributed by atoms with Gasteiger partial charge in [0.1, 0.15) is 0 Å². The lowest BCUT2D eigenvalue weighted by atomic mass is 9.93. The first-order chi connectivity index (χ1) is 12.3. The zero-order valence-corrected chi connectivity index (χ0v) is 15.3. The quantitative estimate of drug-likeness (QED) is 0.865. The molecule has 0 bridgehead atoms. The molecule has 5 heteroatoms. The summed E-state index contributed by atoms with van der Waals surface area (Å²) in [6.07, 6.45) is 6.64. The number of carbonyl (C=O) groups is 1. The summed E-state index contributed by atoms with van der Waals surface area (Å²) < 4.78 is 0. The third kappa shape index (κ3) is 3.77. The summed E-state index contributed by atoms with van der Waals surface area (Å²) in [5.41, 5.74) is 2.63. The largest absolute Gasteiger partial charge is 0.335 e. The summed E-state index contributed by atoms with van der Waals surface area (Å²) in [6.45, 7) is 2.93. The van der Waals surface area contributed by atoms with Crippen LogP contribution in [0.2, 0.25) is 0 Å². The van der Waals surface area contributed by atoms with Crippen molar-refractivity contribution in [1.82, 2.24) is 15.2 Å². The molecule has 2 aliphatic rings. The van der Waals surface area contributed by atoms with Crippen molar-refractivity contribution in [1.29, 1.82) is 0 Å². The fraction of sp³-hybridized carbons (Fsp3) is 0.500. The molecule has 1 aliphatic heterocycles. The van der Waals surface area contributed by atoms with Crippen molar-refractivity contribution in [3.05, 3.63) is 52.5 Å². The van der Waals surface area contributed by atoms with Crippen molar-refractivity contribution in [2.45, 2.75) is 44.7 Å². The van der Waals surface area contributed by atoms with Crippen LogP contribution in [0.25, 0.3) is 0 Å².